The minimum Gasteiger partial charge on any atom is -0.469 e. The Morgan fingerprint density at radius 2 is 1.96 bits per heavy atom. The predicted molar refractivity (Wildman–Crippen MR) is 88.6 cm³/mol. The largest absolute Gasteiger partial charge is 0.469 e. The van der Waals surface area contributed by atoms with Crippen molar-refractivity contribution in [2.75, 3.05) is 25.1 Å². The quantitative estimate of drug-likeness (QED) is 0.603. The molecule has 2 heterocycles. The lowest BCUT2D eigenvalue weighted by Crippen LogP contribution is -2.46. The van der Waals surface area contributed by atoms with Crippen LogP contribution in [0.4, 0.5) is 10.1 Å². The highest BCUT2D eigenvalue weighted by Crippen LogP contribution is 2.30. The lowest BCUT2D eigenvalue weighted by molar-refractivity contribution is -0.147. The molecule has 0 spiro atoms. The Labute approximate surface area is 149 Å². The summed E-state index contributed by atoms with van der Waals surface area (Å²) < 4.78 is 18.1. The first-order chi connectivity index (χ1) is 11.9. The van der Waals surface area contributed by atoms with Crippen LogP contribution < -0.4 is 4.90 Å². The van der Waals surface area contributed by atoms with Gasteiger partial charge >= 0.3 is 5.97 Å². The summed E-state index contributed by atoms with van der Waals surface area (Å²) in [6.45, 7) is 1.09. The van der Waals surface area contributed by atoms with Crippen LogP contribution in [0.25, 0.3) is 0 Å². The van der Waals surface area contributed by atoms with Gasteiger partial charge in [0.15, 0.2) is 0 Å². The molecule has 2 aliphatic rings. The van der Waals surface area contributed by atoms with E-state index < -0.39 is 11.9 Å². The summed E-state index contributed by atoms with van der Waals surface area (Å²) in [5.74, 6) is -1.69. The summed E-state index contributed by atoms with van der Waals surface area (Å²) >= 11 is 5.75. The lowest BCUT2D eigenvalue weighted by atomic mass is 9.95. The Bertz CT molecular complexity index is 719. The number of esters is 1. The van der Waals surface area contributed by atoms with Crippen LogP contribution in [-0.2, 0) is 19.1 Å². The summed E-state index contributed by atoms with van der Waals surface area (Å²) in [6, 6.07) is 3.21. The monoisotopic (exact) mass is 368 g/mol. The van der Waals surface area contributed by atoms with E-state index in [1.165, 1.54) is 19.2 Å². The maximum atomic E-state index is 13.3. The number of amides is 2. The number of imide groups is 1. The molecule has 8 heteroatoms. The number of methoxy groups -OCH3 is 1. The van der Waals surface area contributed by atoms with Crippen molar-refractivity contribution in [2.45, 2.75) is 25.3 Å². The third kappa shape index (κ3) is 3.39. The van der Waals surface area contributed by atoms with Gasteiger partial charge in [-0.25, -0.2) is 9.29 Å². The predicted octanol–water partition coefficient (Wildman–Crippen LogP) is 2.00. The molecular formula is C17H18ClFN2O4. The molecule has 1 atom stereocenters. The van der Waals surface area contributed by atoms with Gasteiger partial charge in [0.2, 0.25) is 5.91 Å². The molecule has 134 valence electrons. The van der Waals surface area contributed by atoms with Crippen molar-refractivity contribution in [2.24, 2.45) is 5.92 Å². The summed E-state index contributed by atoms with van der Waals surface area (Å²) in [7, 11) is 1.36. The molecule has 0 aromatic heterocycles. The van der Waals surface area contributed by atoms with Crippen LogP contribution >= 0.6 is 11.6 Å². The van der Waals surface area contributed by atoms with Crippen LogP contribution in [0.1, 0.15) is 19.3 Å². The van der Waals surface area contributed by atoms with E-state index >= 15 is 0 Å². The van der Waals surface area contributed by atoms with Crippen LogP contribution in [0.15, 0.2) is 18.2 Å². The Morgan fingerprint density at radius 3 is 2.56 bits per heavy atom. The van der Waals surface area contributed by atoms with E-state index in [0.29, 0.717) is 25.9 Å². The molecule has 1 unspecified atom stereocenters. The number of carbonyl (C=O) groups excluding carboxylic acids is 3. The van der Waals surface area contributed by atoms with E-state index in [4.69, 9.17) is 16.3 Å². The molecule has 2 fully saturated rings. The number of anilines is 1. The summed E-state index contributed by atoms with van der Waals surface area (Å²) in [4.78, 5) is 39.6. The van der Waals surface area contributed by atoms with Gasteiger partial charge in [0.1, 0.15) is 5.82 Å². The van der Waals surface area contributed by atoms with Gasteiger partial charge < -0.3 is 4.74 Å². The fourth-order valence-electron chi connectivity index (χ4n) is 3.41. The van der Waals surface area contributed by atoms with Gasteiger partial charge in [0, 0.05) is 0 Å². The number of rotatable bonds is 3. The van der Waals surface area contributed by atoms with Gasteiger partial charge in [-0.15, -0.1) is 0 Å². The number of halogens is 2. The highest BCUT2D eigenvalue weighted by molar-refractivity contribution is 6.31. The first-order valence-electron chi connectivity index (χ1n) is 8.06. The zero-order chi connectivity index (χ0) is 18.1. The summed E-state index contributed by atoms with van der Waals surface area (Å²) in [5.41, 5.74) is 0.272. The van der Waals surface area contributed by atoms with Gasteiger partial charge in [-0.05, 0) is 44.1 Å². The van der Waals surface area contributed by atoms with Crippen molar-refractivity contribution >= 4 is 35.1 Å². The smallest absolute Gasteiger partial charge is 0.308 e. The molecule has 2 amide bonds. The van der Waals surface area contributed by atoms with Gasteiger partial charge in [-0.1, -0.05) is 11.6 Å². The minimum absolute atomic E-state index is 0.0662. The Morgan fingerprint density at radius 1 is 1.28 bits per heavy atom. The van der Waals surface area contributed by atoms with Gasteiger partial charge in [-0.2, -0.15) is 0 Å². The molecule has 0 saturated carbocycles. The molecule has 0 N–H and O–H groups in total. The van der Waals surface area contributed by atoms with Crippen LogP contribution in [0.3, 0.4) is 0 Å². The number of benzene rings is 1. The van der Waals surface area contributed by atoms with Gasteiger partial charge in [-0.3, -0.25) is 19.3 Å². The van der Waals surface area contributed by atoms with Crippen molar-refractivity contribution in [3.8, 4) is 0 Å². The van der Waals surface area contributed by atoms with E-state index in [0.717, 1.165) is 11.0 Å². The Kier molecular flexibility index (Phi) is 5.06. The number of nitrogens with zero attached hydrogens (tertiary/aromatic N) is 2. The second kappa shape index (κ2) is 7.09. The van der Waals surface area contributed by atoms with Crippen LogP contribution in [-0.4, -0.2) is 48.9 Å². The lowest BCUT2D eigenvalue weighted by Gasteiger charge is -2.33. The average molecular weight is 369 g/mol. The topological polar surface area (TPSA) is 66.9 Å². The fourth-order valence-corrected chi connectivity index (χ4v) is 3.58. The third-order valence-corrected chi connectivity index (χ3v) is 5.08. The number of ether oxygens (including phenoxy) is 1. The van der Waals surface area contributed by atoms with E-state index in [1.54, 1.807) is 0 Å². The first kappa shape index (κ1) is 17.8. The summed E-state index contributed by atoms with van der Waals surface area (Å²) in [6.07, 6.45) is 1.25. The number of hydrogen-bond acceptors (Lipinski definition) is 5. The third-order valence-electron chi connectivity index (χ3n) is 4.79. The summed E-state index contributed by atoms with van der Waals surface area (Å²) in [5, 5.41) is -0.138. The van der Waals surface area contributed by atoms with E-state index in [-0.39, 0.29) is 40.8 Å². The highest BCUT2D eigenvalue weighted by Gasteiger charge is 2.44. The molecule has 1 aromatic carbocycles. The minimum atomic E-state index is -0.606. The number of hydrogen-bond donors (Lipinski definition) is 0. The molecule has 6 nitrogen and oxygen atoms in total. The number of carbonyl (C=O) groups is 3. The second-order valence-electron chi connectivity index (χ2n) is 6.22. The first-order valence-corrected chi connectivity index (χ1v) is 8.44. The molecule has 2 saturated heterocycles. The molecular weight excluding hydrogens is 351 g/mol. The Hall–Kier alpha value is -1.99. The van der Waals surface area contributed by atoms with Crippen molar-refractivity contribution in [3.05, 3.63) is 29.0 Å². The van der Waals surface area contributed by atoms with Crippen molar-refractivity contribution in [3.63, 3.8) is 0 Å². The normalized spacial score (nSPS) is 22.5. The van der Waals surface area contributed by atoms with Crippen LogP contribution in [0.5, 0.6) is 0 Å². The second-order valence-corrected chi connectivity index (χ2v) is 6.63. The molecule has 25 heavy (non-hydrogen) atoms. The molecule has 3 rings (SSSR count). The molecule has 0 bridgehead atoms. The molecule has 1 aromatic rings. The maximum absolute atomic E-state index is 13.3. The van der Waals surface area contributed by atoms with Crippen LogP contribution in [0, 0.1) is 11.7 Å². The number of likely N-dealkylation sites (tertiary alicyclic amines) is 1. The van der Waals surface area contributed by atoms with Crippen molar-refractivity contribution < 1.29 is 23.5 Å². The molecule has 0 radical (unpaired) electrons. The zero-order valence-electron chi connectivity index (χ0n) is 13.7. The molecule has 2 aliphatic heterocycles. The van der Waals surface area contributed by atoms with E-state index in [2.05, 4.69) is 0 Å². The highest BCUT2D eigenvalue weighted by atomic mass is 35.5. The number of piperidine rings is 1. The maximum Gasteiger partial charge on any atom is 0.308 e. The van der Waals surface area contributed by atoms with Crippen molar-refractivity contribution in [1.82, 2.24) is 4.90 Å². The Balaban J connectivity index is 1.71. The SMILES string of the molecule is COC(=O)C1CCN(C2CC(=O)N(c3ccc(F)c(Cl)c3)C2=O)CC1. The molecule has 0 aliphatic carbocycles. The van der Waals surface area contributed by atoms with Crippen molar-refractivity contribution in [1.29, 1.82) is 0 Å². The standard InChI is InChI=1S/C17H18ClFN2O4/c1-25-17(24)10-4-6-20(7-5-10)14-9-15(22)21(16(14)23)11-2-3-13(19)12(18)8-11/h2-3,8,10,14H,4-7,9H2,1H3. The fraction of sp³-hybridized carbons (Fsp3) is 0.471. The van der Waals surface area contributed by atoms with E-state index in [9.17, 15) is 18.8 Å². The van der Waals surface area contributed by atoms with Crippen LogP contribution in [0.2, 0.25) is 5.02 Å². The van der Waals surface area contributed by atoms with Gasteiger partial charge in [0.05, 0.1) is 36.2 Å². The average Bonchev–Trinajstić information content (AvgIpc) is 2.91. The van der Waals surface area contributed by atoms with E-state index in [1.807, 2.05) is 4.90 Å². The zero-order valence-corrected chi connectivity index (χ0v) is 14.5. The van der Waals surface area contributed by atoms with Gasteiger partial charge in [0.25, 0.3) is 5.91 Å².